The zero-order chi connectivity index (χ0) is 14.0. The van der Waals surface area contributed by atoms with E-state index in [1.807, 2.05) is 13.0 Å². The van der Waals surface area contributed by atoms with Crippen molar-refractivity contribution < 1.29 is 4.39 Å². The van der Waals surface area contributed by atoms with Crippen molar-refractivity contribution in [2.75, 3.05) is 0 Å². The van der Waals surface area contributed by atoms with Gasteiger partial charge in [0.05, 0.1) is 14.9 Å². The first kappa shape index (κ1) is 14.7. The molecule has 0 amide bonds. The van der Waals surface area contributed by atoms with Crippen LogP contribution in [0.5, 0.6) is 0 Å². The van der Waals surface area contributed by atoms with Crippen LogP contribution in [-0.4, -0.2) is 0 Å². The molecule has 19 heavy (non-hydrogen) atoms. The summed E-state index contributed by atoms with van der Waals surface area (Å²) in [6.45, 7) is 1.83. The Morgan fingerprint density at radius 3 is 2.53 bits per heavy atom. The molecule has 0 saturated heterocycles. The predicted molar refractivity (Wildman–Crippen MR) is 79.6 cm³/mol. The molecule has 0 aliphatic heterocycles. The Labute approximate surface area is 125 Å². The van der Waals surface area contributed by atoms with Gasteiger partial charge in [-0.3, -0.25) is 0 Å². The van der Waals surface area contributed by atoms with E-state index in [-0.39, 0.29) is 11.9 Å². The van der Waals surface area contributed by atoms with Crippen molar-refractivity contribution in [1.29, 1.82) is 0 Å². The predicted octanol–water partition coefficient (Wildman–Crippen LogP) is 5.30. The van der Waals surface area contributed by atoms with Crippen LogP contribution in [0.4, 0.5) is 4.39 Å². The Bertz CT molecular complexity index is 602. The minimum Gasteiger partial charge on any atom is -0.324 e. The quantitative estimate of drug-likeness (QED) is 0.831. The lowest BCUT2D eigenvalue weighted by Crippen LogP contribution is -2.07. The molecule has 100 valence electrons. The zero-order valence-electron chi connectivity index (χ0n) is 10.2. The smallest absolute Gasteiger partial charge is 0.137 e. The Hall–Kier alpha value is -0.740. The first-order valence-corrected chi connectivity index (χ1v) is 7.23. The first-order chi connectivity index (χ1) is 8.99. The minimum absolute atomic E-state index is 0.235. The van der Waals surface area contributed by atoms with E-state index in [2.05, 4.69) is 0 Å². The van der Waals surface area contributed by atoms with Gasteiger partial charge < -0.3 is 5.73 Å². The van der Waals surface area contributed by atoms with Crippen molar-refractivity contribution in [1.82, 2.24) is 0 Å². The average molecular weight is 316 g/mol. The summed E-state index contributed by atoms with van der Waals surface area (Å²) in [5.41, 5.74) is 6.64. The van der Waals surface area contributed by atoms with Crippen LogP contribution in [0.2, 0.25) is 10.0 Å². The second-order valence-electron chi connectivity index (χ2n) is 4.12. The van der Waals surface area contributed by atoms with Crippen LogP contribution in [0, 0.1) is 5.82 Å². The van der Waals surface area contributed by atoms with Gasteiger partial charge in [-0.1, -0.05) is 47.1 Å². The Balaban J connectivity index is 2.40. The van der Waals surface area contributed by atoms with E-state index in [1.54, 1.807) is 24.3 Å². The molecule has 0 aromatic heterocycles. The lowest BCUT2D eigenvalue weighted by Gasteiger charge is -2.13. The summed E-state index contributed by atoms with van der Waals surface area (Å²) in [6, 6.07) is 9.88. The monoisotopic (exact) mass is 315 g/mol. The molecular formula is C14H12Cl2FNS. The summed E-state index contributed by atoms with van der Waals surface area (Å²) in [5.74, 6) is -0.286. The van der Waals surface area contributed by atoms with E-state index in [1.165, 1.54) is 17.8 Å². The number of nitrogens with two attached hydrogens (primary N) is 1. The first-order valence-electron chi connectivity index (χ1n) is 5.66. The Kier molecular flexibility index (Phi) is 4.74. The zero-order valence-corrected chi connectivity index (χ0v) is 12.5. The number of rotatable bonds is 3. The van der Waals surface area contributed by atoms with Crippen molar-refractivity contribution in [2.24, 2.45) is 5.73 Å². The second kappa shape index (κ2) is 6.14. The second-order valence-corrected chi connectivity index (χ2v) is 6.02. The number of hydrogen-bond acceptors (Lipinski definition) is 2. The molecule has 0 aliphatic rings. The van der Waals surface area contributed by atoms with Crippen LogP contribution < -0.4 is 5.73 Å². The maximum absolute atomic E-state index is 13.9. The molecule has 0 saturated carbocycles. The largest absolute Gasteiger partial charge is 0.324 e. The highest BCUT2D eigenvalue weighted by Gasteiger charge is 2.13. The Morgan fingerprint density at radius 1 is 1.16 bits per heavy atom. The Morgan fingerprint density at radius 2 is 1.89 bits per heavy atom. The van der Waals surface area contributed by atoms with Crippen LogP contribution in [0.3, 0.4) is 0 Å². The van der Waals surface area contributed by atoms with Gasteiger partial charge >= 0.3 is 0 Å². The fraction of sp³-hybridized carbons (Fsp3) is 0.143. The van der Waals surface area contributed by atoms with Crippen molar-refractivity contribution in [2.45, 2.75) is 22.8 Å². The van der Waals surface area contributed by atoms with Gasteiger partial charge in [0, 0.05) is 10.9 Å². The van der Waals surface area contributed by atoms with Crippen molar-refractivity contribution in [3.8, 4) is 0 Å². The third kappa shape index (κ3) is 3.42. The molecule has 2 aromatic carbocycles. The third-order valence-corrected chi connectivity index (χ3v) is 4.46. The van der Waals surface area contributed by atoms with Crippen LogP contribution in [0.15, 0.2) is 46.2 Å². The van der Waals surface area contributed by atoms with Gasteiger partial charge in [0.15, 0.2) is 0 Å². The minimum atomic E-state index is -0.286. The normalized spacial score (nSPS) is 12.5. The van der Waals surface area contributed by atoms with Crippen LogP contribution >= 0.6 is 35.0 Å². The highest BCUT2D eigenvalue weighted by molar-refractivity contribution is 7.99. The molecule has 0 spiro atoms. The van der Waals surface area contributed by atoms with Gasteiger partial charge in [-0.25, -0.2) is 4.39 Å². The van der Waals surface area contributed by atoms with Crippen molar-refractivity contribution in [3.05, 3.63) is 57.8 Å². The average Bonchev–Trinajstić information content (AvgIpc) is 2.36. The number of benzene rings is 2. The highest BCUT2D eigenvalue weighted by Crippen LogP contribution is 2.37. The van der Waals surface area contributed by atoms with E-state index in [4.69, 9.17) is 28.9 Å². The van der Waals surface area contributed by atoms with E-state index < -0.39 is 0 Å². The third-order valence-electron chi connectivity index (χ3n) is 2.60. The molecule has 5 heteroatoms. The maximum atomic E-state index is 13.9. The van der Waals surface area contributed by atoms with Gasteiger partial charge in [-0.2, -0.15) is 0 Å². The standard InChI is InChI=1S/C14H12Cl2FNS/c1-8(18)10-3-2-4-13(17)14(10)19-9-5-6-11(15)12(16)7-9/h2-8H,18H2,1H3/t8-/m0/s1. The molecule has 1 nitrogen and oxygen atoms in total. The van der Waals surface area contributed by atoms with Crippen LogP contribution in [-0.2, 0) is 0 Å². The van der Waals surface area contributed by atoms with E-state index in [9.17, 15) is 4.39 Å². The summed E-state index contributed by atoms with van der Waals surface area (Å²) in [4.78, 5) is 1.34. The van der Waals surface area contributed by atoms with Gasteiger partial charge in [-0.15, -0.1) is 0 Å². The number of halogens is 3. The lowest BCUT2D eigenvalue weighted by molar-refractivity contribution is 0.591. The van der Waals surface area contributed by atoms with Gasteiger partial charge in [0.25, 0.3) is 0 Å². The van der Waals surface area contributed by atoms with Gasteiger partial charge in [0.2, 0.25) is 0 Å². The molecule has 0 bridgehead atoms. The number of hydrogen-bond donors (Lipinski definition) is 1. The SMILES string of the molecule is C[C@H](N)c1cccc(F)c1Sc1ccc(Cl)c(Cl)c1. The molecule has 0 heterocycles. The molecule has 0 fully saturated rings. The molecule has 2 aromatic rings. The summed E-state index contributed by atoms with van der Waals surface area (Å²) in [7, 11) is 0. The fourth-order valence-electron chi connectivity index (χ4n) is 1.65. The van der Waals surface area contributed by atoms with E-state index in [0.717, 1.165) is 10.5 Å². The fourth-order valence-corrected chi connectivity index (χ4v) is 3.10. The summed E-state index contributed by atoms with van der Waals surface area (Å²) in [5, 5.41) is 0.928. The summed E-state index contributed by atoms with van der Waals surface area (Å²) in [6.07, 6.45) is 0. The molecule has 0 radical (unpaired) electrons. The van der Waals surface area contributed by atoms with Crippen LogP contribution in [0.1, 0.15) is 18.5 Å². The lowest BCUT2D eigenvalue weighted by atomic mass is 10.1. The van der Waals surface area contributed by atoms with Crippen molar-refractivity contribution >= 4 is 35.0 Å². The van der Waals surface area contributed by atoms with E-state index >= 15 is 0 Å². The molecule has 0 unspecified atom stereocenters. The van der Waals surface area contributed by atoms with Crippen LogP contribution in [0.25, 0.3) is 0 Å². The molecule has 1 atom stereocenters. The van der Waals surface area contributed by atoms with Gasteiger partial charge in [0.1, 0.15) is 5.82 Å². The molecule has 2 N–H and O–H groups in total. The molecular weight excluding hydrogens is 304 g/mol. The highest BCUT2D eigenvalue weighted by atomic mass is 35.5. The summed E-state index contributed by atoms with van der Waals surface area (Å²) < 4.78 is 13.9. The topological polar surface area (TPSA) is 26.0 Å². The van der Waals surface area contributed by atoms with E-state index in [0.29, 0.717) is 14.9 Å². The summed E-state index contributed by atoms with van der Waals surface area (Å²) >= 11 is 13.1. The maximum Gasteiger partial charge on any atom is 0.137 e. The van der Waals surface area contributed by atoms with Crippen molar-refractivity contribution in [3.63, 3.8) is 0 Å². The molecule has 2 rings (SSSR count). The molecule has 0 aliphatic carbocycles. The van der Waals surface area contributed by atoms with Gasteiger partial charge in [-0.05, 0) is 36.8 Å².